The maximum absolute atomic E-state index is 3.80. The summed E-state index contributed by atoms with van der Waals surface area (Å²) in [6.07, 6.45) is 1.91. The van der Waals surface area contributed by atoms with Gasteiger partial charge in [-0.3, -0.25) is 0 Å². The molecule has 0 aliphatic heterocycles. The summed E-state index contributed by atoms with van der Waals surface area (Å²) in [7, 11) is 3.81. The predicted octanol–water partition coefficient (Wildman–Crippen LogP) is 2.11. The normalized spacial score (nSPS) is 10.9. The Morgan fingerprint density at radius 2 is 2.14 bits per heavy atom. The molecular formula is C12H18NSi. The van der Waals surface area contributed by atoms with Gasteiger partial charge in [0.2, 0.25) is 0 Å². The molecule has 2 heteroatoms. The molecule has 14 heavy (non-hydrogen) atoms. The van der Waals surface area contributed by atoms with Crippen LogP contribution in [0.4, 0.5) is 0 Å². The van der Waals surface area contributed by atoms with Gasteiger partial charge in [-0.1, -0.05) is 43.8 Å². The molecule has 0 amide bonds. The van der Waals surface area contributed by atoms with Crippen molar-refractivity contribution in [2.75, 3.05) is 14.1 Å². The molecule has 1 aromatic rings. The average molecular weight is 204 g/mol. The van der Waals surface area contributed by atoms with Gasteiger partial charge in [-0.25, -0.2) is 0 Å². The standard InChI is InChI=1S/C12H18NSi/c1-5-11-8-7-9-12(10-11)14(6-2)13(3)4/h5,7-10H,1,6H2,2-4H3. The van der Waals surface area contributed by atoms with Crippen LogP contribution < -0.4 is 5.19 Å². The van der Waals surface area contributed by atoms with Crippen LogP contribution in [0.2, 0.25) is 6.04 Å². The Balaban J connectivity index is 2.97. The van der Waals surface area contributed by atoms with Crippen molar-refractivity contribution in [2.45, 2.75) is 13.0 Å². The molecule has 1 radical (unpaired) electrons. The summed E-state index contributed by atoms with van der Waals surface area (Å²) in [6, 6.07) is 9.94. The molecule has 0 N–H and O–H groups in total. The second kappa shape index (κ2) is 5.13. The quantitative estimate of drug-likeness (QED) is 0.679. The van der Waals surface area contributed by atoms with Gasteiger partial charge in [0.05, 0.1) is 0 Å². The molecule has 0 atom stereocenters. The summed E-state index contributed by atoms with van der Waals surface area (Å²) in [5, 5.41) is 1.47. The van der Waals surface area contributed by atoms with Gasteiger partial charge in [-0.05, 0) is 30.9 Å². The molecule has 1 rings (SSSR count). The van der Waals surface area contributed by atoms with E-state index in [1.165, 1.54) is 16.8 Å². The van der Waals surface area contributed by atoms with E-state index in [-0.39, 0.29) is 0 Å². The third-order valence-corrected chi connectivity index (χ3v) is 5.06. The van der Waals surface area contributed by atoms with Crippen molar-refractivity contribution in [1.29, 1.82) is 0 Å². The predicted molar refractivity (Wildman–Crippen MR) is 66.1 cm³/mol. The molecule has 0 aliphatic rings. The minimum atomic E-state index is -0.525. The Kier molecular flexibility index (Phi) is 4.11. The van der Waals surface area contributed by atoms with Crippen molar-refractivity contribution < 1.29 is 0 Å². The van der Waals surface area contributed by atoms with Gasteiger partial charge in [0.1, 0.15) is 0 Å². The van der Waals surface area contributed by atoms with Gasteiger partial charge in [0.25, 0.3) is 0 Å². The highest BCUT2D eigenvalue weighted by atomic mass is 28.3. The maximum atomic E-state index is 3.80. The lowest BCUT2D eigenvalue weighted by Gasteiger charge is -2.20. The van der Waals surface area contributed by atoms with Gasteiger partial charge in [0, 0.05) is 0 Å². The van der Waals surface area contributed by atoms with E-state index in [1.807, 2.05) is 6.08 Å². The number of hydrogen-bond donors (Lipinski definition) is 0. The van der Waals surface area contributed by atoms with Crippen molar-refractivity contribution in [3.8, 4) is 0 Å². The fourth-order valence-corrected chi connectivity index (χ4v) is 3.80. The fraction of sp³-hybridized carbons (Fsp3) is 0.333. The second-order valence-electron chi connectivity index (χ2n) is 3.52. The zero-order valence-electron chi connectivity index (χ0n) is 9.25. The van der Waals surface area contributed by atoms with Crippen LogP contribution in [0.5, 0.6) is 0 Å². The molecule has 0 spiro atoms. The molecule has 0 bridgehead atoms. The van der Waals surface area contributed by atoms with E-state index >= 15 is 0 Å². The maximum Gasteiger partial charge on any atom is 0.171 e. The minimum absolute atomic E-state index is 0.525. The first-order chi connectivity index (χ1) is 6.69. The summed E-state index contributed by atoms with van der Waals surface area (Å²) < 4.78 is 2.35. The molecule has 1 nitrogen and oxygen atoms in total. The Hall–Kier alpha value is -0.863. The first kappa shape index (κ1) is 11.2. The summed E-state index contributed by atoms with van der Waals surface area (Å²) in [6.45, 7) is 6.06. The van der Waals surface area contributed by atoms with Gasteiger partial charge >= 0.3 is 0 Å². The Morgan fingerprint density at radius 1 is 1.43 bits per heavy atom. The van der Waals surface area contributed by atoms with Crippen LogP contribution in [0.1, 0.15) is 12.5 Å². The van der Waals surface area contributed by atoms with Crippen LogP contribution in [0.3, 0.4) is 0 Å². The Bertz CT molecular complexity index is 307. The molecule has 0 aliphatic carbocycles. The summed E-state index contributed by atoms with van der Waals surface area (Å²) >= 11 is 0. The first-order valence-electron chi connectivity index (χ1n) is 4.95. The van der Waals surface area contributed by atoms with Crippen molar-refractivity contribution in [2.24, 2.45) is 0 Å². The molecule has 1 aromatic carbocycles. The lowest BCUT2D eigenvalue weighted by Crippen LogP contribution is -2.43. The van der Waals surface area contributed by atoms with Crippen molar-refractivity contribution in [3.05, 3.63) is 36.4 Å². The molecule has 0 unspecified atom stereocenters. The van der Waals surface area contributed by atoms with E-state index in [4.69, 9.17) is 0 Å². The topological polar surface area (TPSA) is 3.24 Å². The number of rotatable bonds is 4. The third kappa shape index (κ3) is 2.56. The number of benzene rings is 1. The van der Waals surface area contributed by atoms with Gasteiger partial charge in [-0.2, -0.15) is 0 Å². The van der Waals surface area contributed by atoms with Crippen LogP contribution in [0, 0.1) is 0 Å². The van der Waals surface area contributed by atoms with E-state index in [2.05, 4.69) is 56.4 Å². The molecule has 75 valence electrons. The molecular weight excluding hydrogens is 186 g/mol. The van der Waals surface area contributed by atoms with E-state index in [1.54, 1.807) is 0 Å². The van der Waals surface area contributed by atoms with E-state index in [9.17, 15) is 0 Å². The third-order valence-electron chi connectivity index (χ3n) is 2.33. The van der Waals surface area contributed by atoms with E-state index in [0.29, 0.717) is 0 Å². The lowest BCUT2D eigenvalue weighted by molar-refractivity contribution is 0.646. The minimum Gasteiger partial charge on any atom is -0.326 e. The average Bonchev–Trinajstić information content (AvgIpc) is 2.19. The van der Waals surface area contributed by atoms with E-state index in [0.717, 1.165) is 0 Å². The zero-order chi connectivity index (χ0) is 10.6. The molecule has 0 heterocycles. The summed E-state index contributed by atoms with van der Waals surface area (Å²) in [5.74, 6) is 0. The van der Waals surface area contributed by atoms with Crippen LogP contribution >= 0.6 is 0 Å². The number of nitrogens with zero attached hydrogens (tertiary/aromatic N) is 1. The molecule has 0 saturated heterocycles. The monoisotopic (exact) mass is 204 g/mol. The highest BCUT2D eigenvalue weighted by molar-refractivity contribution is 6.70. The largest absolute Gasteiger partial charge is 0.326 e. The summed E-state index contributed by atoms with van der Waals surface area (Å²) in [5.41, 5.74) is 1.22. The SMILES string of the molecule is C=Cc1cccc([Si](CC)N(C)C)c1. The zero-order valence-corrected chi connectivity index (χ0v) is 10.2. The summed E-state index contributed by atoms with van der Waals surface area (Å²) in [4.78, 5) is 0. The van der Waals surface area contributed by atoms with Gasteiger partial charge < -0.3 is 4.57 Å². The van der Waals surface area contributed by atoms with Crippen LogP contribution in [-0.2, 0) is 0 Å². The molecule has 0 saturated carbocycles. The Labute approximate surface area is 88.7 Å². The van der Waals surface area contributed by atoms with Crippen LogP contribution in [-0.4, -0.2) is 27.6 Å². The second-order valence-corrected chi connectivity index (χ2v) is 6.60. The first-order valence-corrected chi connectivity index (χ1v) is 6.60. The lowest BCUT2D eigenvalue weighted by atomic mass is 10.2. The van der Waals surface area contributed by atoms with Gasteiger partial charge in [0.15, 0.2) is 8.96 Å². The highest BCUT2D eigenvalue weighted by Gasteiger charge is 2.14. The van der Waals surface area contributed by atoms with Crippen LogP contribution in [0.25, 0.3) is 6.08 Å². The van der Waals surface area contributed by atoms with Crippen molar-refractivity contribution in [3.63, 3.8) is 0 Å². The van der Waals surface area contributed by atoms with Gasteiger partial charge in [-0.15, -0.1) is 0 Å². The Morgan fingerprint density at radius 3 is 2.64 bits per heavy atom. The smallest absolute Gasteiger partial charge is 0.171 e. The van der Waals surface area contributed by atoms with Crippen LogP contribution in [0.15, 0.2) is 30.8 Å². The fourth-order valence-electron chi connectivity index (χ4n) is 1.62. The highest BCUT2D eigenvalue weighted by Crippen LogP contribution is 2.02. The van der Waals surface area contributed by atoms with Crippen molar-refractivity contribution >= 4 is 20.2 Å². The molecule has 0 fully saturated rings. The van der Waals surface area contributed by atoms with Crippen molar-refractivity contribution in [1.82, 2.24) is 4.57 Å². The molecule has 0 aromatic heterocycles. The number of hydrogen-bond acceptors (Lipinski definition) is 1. The van der Waals surface area contributed by atoms with E-state index < -0.39 is 8.96 Å².